The molecule has 0 aliphatic heterocycles. The Balaban J connectivity index is 5.71. The normalized spacial score (nSPS) is 12.6. The number of carbonyl (C=O) groups excluding carboxylic acids is 2. The number of carbonyl (C=O) groups is 2. The van der Waals surface area contributed by atoms with Crippen molar-refractivity contribution in [3.63, 3.8) is 0 Å². The molecule has 0 radical (unpaired) electrons. The fourth-order valence-corrected chi connectivity index (χ4v) is 3.44. The van der Waals surface area contributed by atoms with E-state index in [4.69, 9.17) is 23.4 Å². The maximum Gasteiger partial charge on any atom is 0.381 e. The van der Waals surface area contributed by atoms with Crippen molar-refractivity contribution >= 4 is 40.9 Å². The zero-order valence-electron chi connectivity index (χ0n) is 15.1. The van der Waals surface area contributed by atoms with Crippen molar-refractivity contribution in [1.29, 1.82) is 0 Å². The average Bonchev–Trinajstić information content (AvgIpc) is 2.55. The number of oxime groups is 1. The number of rotatable bonds is 12. The van der Waals surface area contributed by atoms with Crippen LogP contribution in [-0.2, 0) is 37.5 Å². The van der Waals surface area contributed by atoms with Gasteiger partial charge in [-0.2, -0.15) is 0 Å². The fourth-order valence-electron chi connectivity index (χ4n) is 1.56. The highest BCUT2D eigenvalue weighted by Gasteiger charge is 2.51. The second-order valence-electron chi connectivity index (χ2n) is 4.32. The predicted octanol–water partition coefficient (Wildman–Crippen LogP) is 3.21. The number of hydrogen-bond donors (Lipinski definition) is 0. The summed E-state index contributed by atoms with van der Waals surface area (Å²) in [7, 11) is -3.71. The standard InChI is InChI=1S/C14H25BrNO8P/c1-6-11(25(19,22-9-4)23-10-5)16-24-14(15,12(17)20-7-2)13(18)21-8-3/h6-10H2,1-5H3/b16-11-. The van der Waals surface area contributed by atoms with Crippen molar-refractivity contribution < 1.29 is 37.5 Å². The maximum atomic E-state index is 12.7. The Kier molecular flexibility index (Phi) is 11.2. The van der Waals surface area contributed by atoms with Crippen molar-refractivity contribution in [2.45, 2.75) is 45.5 Å². The number of nitrogens with zero attached hydrogens (tertiary/aromatic N) is 1. The number of hydrogen-bond acceptors (Lipinski definition) is 9. The van der Waals surface area contributed by atoms with Crippen LogP contribution in [0.15, 0.2) is 5.16 Å². The molecule has 0 aromatic heterocycles. The number of esters is 2. The van der Waals surface area contributed by atoms with Crippen LogP contribution in [0.25, 0.3) is 0 Å². The summed E-state index contributed by atoms with van der Waals surface area (Å²) in [5, 5.41) is 3.69. The molecule has 146 valence electrons. The molecule has 11 heteroatoms. The summed E-state index contributed by atoms with van der Waals surface area (Å²) in [6.07, 6.45) is 0.145. The van der Waals surface area contributed by atoms with Gasteiger partial charge in [0.25, 0.3) is 0 Å². The number of halogens is 1. The van der Waals surface area contributed by atoms with E-state index in [1.165, 1.54) is 0 Å². The van der Waals surface area contributed by atoms with Crippen LogP contribution in [0.1, 0.15) is 41.0 Å². The van der Waals surface area contributed by atoms with Crippen molar-refractivity contribution in [1.82, 2.24) is 0 Å². The third-order valence-corrected chi connectivity index (χ3v) is 5.60. The molecule has 0 aliphatic carbocycles. The quantitative estimate of drug-likeness (QED) is 0.112. The van der Waals surface area contributed by atoms with E-state index in [9.17, 15) is 14.2 Å². The summed E-state index contributed by atoms with van der Waals surface area (Å²) in [6.45, 7) is 8.32. The molecular weight excluding hydrogens is 421 g/mol. The van der Waals surface area contributed by atoms with Crippen LogP contribution >= 0.6 is 23.5 Å². The smallest absolute Gasteiger partial charge is 0.381 e. The Morgan fingerprint density at radius 3 is 1.68 bits per heavy atom. The van der Waals surface area contributed by atoms with Gasteiger partial charge >= 0.3 is 24.0 Å². The van der Waals surface area contributed by atoms with E-state index in [1.54, 1.807) is 34.6 Å². The third-order valence-electron chi connectivity index (χ3n) is 2.58. The lowest BCUT2D eigenvalue weighted by atomic mass is 10.3. The van der Waals surface area contributed by atoms with Crippen molar-refractivity contribution in [3.8, 4) is 0 Å². The molecule has 0 aliphatic rings. The van der Waals surface area contributed by atoms with Crippen LogP contribution in [0.3, 0.4) is 0 Å². The zero-order valence-corrected chi connectivity index (χ0v) is 17.6. The van der Waals surface area contributed by atoms with Crippen LogP contribution in [0.5, 0.6) is 0 Å². The van der Waals surface area contributed by atoms with Crippen LogP contribution in [-0.4, -0.2) is 48.3 Å². The molecule has 0 N–H and O–H groups in total. The van der Waals surface area contributed by atoms with Gasteiger partial charge < -0.3 is 23.4 Å². The molecular formula is C14H25BrNO8P. The van der Waals surface area contributed by atoms with E-state index >= 15 is 0 Å². The molecule has 0 heterocycles. The van der Waals surface area contributed by atoms with Gasteiger partial charge in [-0.05, 0) is 50.0 Å². The first-order valence-electron chi connectivity index (χ1n) is 7.93. The summed E-state index contributed by atoms with van der Waals surface area (Å²) in [5.41, 5.74) is -0.0754. The minimum atomic E-state index is -3.71. The molecule has 0 spiro atoms. The highest BCUT2D eigenvalue weighted by molar-refractivity contribution is 9.10. The van der Waals surface area contributed by atoms with Gasteiger partial charge in [0, 0.05) is 0 Å². The van der Waals surface area contributed by atoms with Crippen LogP contribution < -0.4 is 0 Å². The van der Waals surface area contributed by atoms with Crippen LogP contribution in [0.2, 0.25) is 0 Å². The van der Waals surface area contributed by atoms with Gasteiger partial charge in [0.2, 0.25) is 0 Å². The van der Waals surface area contributed by atoms with Crippen LogP contribution in [0.4, 0.5) is 0 Å². The Labute approximate surface area is 156 Å². The van der Waals surface area contributed by atoms with Gasteiger partial charge in [0.05, 0.1) is 26.4 Å². The number of ether oxygens (including phenoxy) is 2. The fraction of sp³-hybridized carbons (Fsp3) is 0.786. The minimum Gasteiger partial charge on any atom is -0.462 e. The monoisotopic (exact) mass is 445 g/mol. The lowest BCUT2D eigenvalue weighted by Gasteiger charge is -2.22. The summed E-state index contributed by atoms with van der Waals surface area (Å²) in [4.78, 5) is 29.2. The van der Waals surface area contributed by atoms with Gasteiger partial charge in [-0.1, -0.05) is 12.1 Å². The zero-order chi connectivity index (χ0) is 19.5. The Bertz CT molecular complexity index is 497. The van der Waals surface area contributed by atoms with Gasteiger partial charge in [0.15, 0.2) is 5.45 Å². The second-order valence-corrected chi connectivity index (χ2v) is 7.47. The van der Waals surface area contributed by atoms with Gasteiger partial charge in [0.1, 0.15) is 0 Å². The van der Waals surface area contributed by atoms with Crippen molar-refractivity contribution in [3.05, 3.63) is 0 Å². The van der Waals surface area contributed by atoms with E-state index in [1.807, 2.05) is 0 Å². The Morgan fingerprint density at radius 1 is 0.920 bits per heavy atom. The highest BCUT2D eigenvalue weighted by Crippen LogP contribution is 2.51. The number of alkyl halides is 1. The Hall–Kier alpha value is -0.960. The Morgan fingerprint density at radius 2 is 1.36 bits per heavy atom. The van der Waals surface area contributed by atoms with Crippen molar-refractivity contribution in [2.24, 2.45) is 5.16 Å². The summed E-state index contributed by atoms with van der Waals surface area (Å²) in [6, 6.07) is 0. The molecule has 0 aromatic rings. The highest BCUT2D eigenvalue weighted by atomic mass is 79.9. The summed E-state index contributed by atoms with van der Waals surface area (Å²) in [5.74, 6) is -2.09. The second kappa shape index (κ2) is 11.6. The summed E-state index contributed by atoms with van der Waals surface area (Å²) >= 11 is 2.87. The molecule has 0 rings (SSSR count). The minimum absolute atomic E-state index is 0.00961. The predicted molar refractivity (Wildman–Crippen MR) is 94.6 cm³/mol. The largest absolute Gasteiger partial charge is 0.462 e. The molecule has 0 atom stereocenters. The van der Waals surface area contributed by atoms with E-state index in [-0.39, 0.29) is 38.3 Å². The molecule has 0 aromatic carbocycles. The first kappa shape index (κ1) is 24.0. The van der Waals surface area contributed by atoms with Gasteiger partial charge in [-0.15, -0.1) is 0 Å². The first-order valence-corrected chi connectivity index (χ1v) is 10.3. The maximum absolute atomic E-state index is 12.7. The van der Waals surface area contributed by atoms with E-state index < -0.39 is 24.0 Å². The summed E-state index contributed by atoms with van der Waals surface area (Å²) < 4.78 is 30.4. The molecule has 0 fully saturated rings. The van der Waals surface area contributed by atoms with E-state index in [2.05, 4.69) is 21.1 Å². The molecule has 0 saturated carbocycles. The average molecular weight is 446 g/mol. The third kappa shape index (κ3) is 6.69. The van der Waals surface area contributed by atoms with E-state index in [0.717, 1.165) is 0 Å². The molecule has 25 heavy (non-hydrogen) atoms. The van der Waals surface area contributed by atoms with E-state index in [0.29, 0.717) is 0 Å². The first-order chi connectivity index (χ1) is 11.7. The topological polar surface area (TPSA) is 110 Å². The SMILES string of the molecule is CCOC(=O)C(Br)(O/N=C(/CC)P(=O)(OCC)OCC)C(=O)OCC. The lowest BCUT2D eigenvalue weighted by molar-refractivity contribution is -0.176. The molecule has 0 unspecified atom stereocenters. The van der Waals surface area contributed by atoms with Gasteiger partial charge in [-0.25, -0.2) is 9.59 Å². The molecule has 0 saturated heterocycles. The lowest BCUT2D eigenvalue weighted by Crippen LogP contribution is -2.45. The molecule has 9 nitrogen and oxygen atoms in total. The van der Waals surface area contributed by atoms with Crippen molar-refractivity contribution in [2.75, 3.05) is 26.4 Å². The van der Waals surface area contributed by atoms with Crippen LogP contribution in [0, 0.1) is 0 Å². The molecule has 0 bridgehead atoms. The molecule has 0 amide bonds. The van der Waals surface area contributed by atoms with Gasteiger partial charge in [-0.3, -0.25) is 4.57 Å².